The summed E-state index contributed by atoms with van der Waals surface area (Å²) < 4.78 is 0. The summed E-state index contributed by atoms with van der Waals surface area (Å²) in [5.74, 6) is 0.0338. The van der Waals surface area contributed by atoms with Crippen LogP contribution >= 0.6 is 11.3 Å². The highest BCUT2D eigenvalue weighted by molar-refractivity contribution is 7.14. The average Bonchev–Trinajstić information content (AvgIpc) is 3.23. The molecule has 156 valence electrons. The van der Waals surface area contributed by atoms with Gasteiger partial charge in [0.25, 0.3) is 0 Å². The first-order chi connectivity index (χ1) is 14.7. The number of hydrogen-bond acceptors (Lipinski definition) is 5. The minimum absolute atomic E-state index is 0.0338. The molecule has 0 bridgehead atoms. The fourth-order valence-corrected chi connectivity index (χ4v) is 4.38. The molecule has 1 aliphatic rings. The van der Waals surface area contributed by atoms with Crippen LogP contribution in [-0.4, -0.2) is 53.4 Å². The summed E-state index contributed by atoms with van der Waals surface area (Å²) in [4.78, 5) is 21.8. The highest BCUT2D eigenvalue weighted by Crippen LogP contribution is 2.25. The molecule has 0 atom stereocenters. The van der Waals surface area contributed by atoms with Crippen molar-refractivity contribution in [1.29, 1.82) is 0 Å². The van der Waals surface area contributed by atoms with E-state index in [1.807, 2.05) is 5.38 Å². The summed E-state index contributed by atoms with van der Waals surface area (Å²) in [6.07, 6.45) is 0.498. The second kappa shape index (κ2) is 9.98. The summed E-state index contributed by atoms with van der Waals surface area (Å²) >= 11 is 1.48. The molecule has 0 aliphatic carbocycles. The molecule has 2 heterocycles. The third-order valence-electron chi connectivity index (χ3n) is 5.47. The quantitative estimate of drug-likeness (QED) is 0.620. The molecule has 0 unspecified atom stereocenters. The molecule has 1 N–H and O–H groups in total. The zero-order chi connectivity index (χ0) is 20.8. The molecule has 1 saturated heterocycles. The summed E-state index contributed by atoms with van der Waals surface area (Å²) in [5, 5.41) is 5.62. The number of piperazine rings is 1. The van der Waals surface area contributed by atoms with Crippen LogP contribution in [0.25, 0.3) is 11.3 Å². The predicted octanol–water partition coefficient (Wildman–Crippen LogP) is 4.26. The van der Waals surface area contributed by atoms with Crippen LogP contribution in [0.15, 0.2) is 60.0 Å². The highest BCUT2D eigenvalue weighted by Gasteiger charge is 2.18. The molecular formula is C24H28N4OS. The molecule has 1 aromatic heterocycles. The molecule has 1 fully saturated rings. The Balaban J connectivity index is 1.19. The van der Waals surface area contributed by atoms with Crippen LogP contribution in [0.3, 0.4) is 0 Å². The van der Waals surface area contributed by atoms with Crippen molar-refractivity contribution in [2.75, 3.05) is 38.0 Å². The van der Waals surface area contributed by atoms with Gasteiger partial charge in [-0.3, -0.25) is 9.69 Å². The van der Waals surface area contributed by atoms with Crippen molar-refractivity contribution in [3.8, 4) is 11.3 Å². The van der Waals surface area contributed by atoms with Crippen molar-refractivity contribution in [3.05, 3.63) is 71.1 Å². The third kappa shape index (κ3) is 5.75. The molecule has 3 aromatic rings. The van der Waals surface area contributed by atoms with Gasteiger partial charge in [-0.1, -0.05) is 60.2 Å². The number of nitrogens with zero attached hydrogens (tertiary/aromatic N) is 3. The van der Waals surface area contributed by atoms with Crippen LogP contribution in [0, 0.1) is 6.92 Å². The Labute approximate surface area is 182 Å². The lowest BCUT2D eigenvalue weighted by atomic mass is 10.1. The number of benzene rings is 2. The number of hydrogen-bond donors (Lipinski definition) is 1. The molecule has 0 radical (unpaired) electrons. The number of thiazole rings is 1. The number of carbonyl (C=O) groups excluding carboxylic acids is 1. The zero-order valence-electron chi connectivity index (χ0n) is 17.4. The van der Waals surface area contributed by atoms with E-state index >= 15 is 0 Å². The number of aromatic nitrogens is 1. The fourth-order valence-electron chi connectivity index (χ4n) is 3.64. The van der Waals surface area contributed by atoms with E-state index in [1.54, 1.807) is 0 Å². The molecule has 4 rings (SSSR count). The van der Waals surface area contributed by atoms with Gasteiger partial charge in [0.2, 0.25) is 5.91 Å². The first-order valence-corrected chi connectivity index (χ1v) is 11.3. The van der Waals surface area contributed by atoms with Gasteiger partial charge in [-0.2, -0.15) is 0 Å². The van der Waals surface area contributed by atoms with Gasteiger partial charge in [0.15, 0.2) is 5.13 Å². The van der Waals surface area contributed by atoms with Crippen molar-refractivity contribution < 1.29 is 4.79 Å². The number of anilines is 1. The normalized spacial score (nSPS) is 15.2. The van der Waals surface area contributed by atoms with Crippen LogP contribution in [0.5, 0.6) is 0 Å². The minimum atomic E-state index is 0.0338. The largest absolute Gasteiger partial charge is 0.302 e. The number of carbonyl (C=O) groups is 1. The van der Waals surface area contributed by atoms with E-state index in [1.165, 1.54) is 22.5 Å². The van der Waals surface area contributed by atoms with Crippen LogP contribution in [0.1, 0.15) is 17.5 Å². The van der Waals surface area contributed by atoms with Gasteiger partial charge in [-0.05, 0) is 12.5 Å². The van der Waals surface area contributed by atoms with Crippen LogP contribution < -0.4 is 5.32 Å². The van der Waals surface area contributed by atoms with E-state index in [0.29, 0.717) is 11.6 Å². The summed E-state index contributed by atoms with van der Waals surface area (Å²) in [7, 11) is 0. The standard InChI is InChI=1S/C24H28N4OS/c1-19-7-9-21(10-8-19)22-18-30-24(25-22)26-23(29)11-12-27-13-15-28(16-14-27)17-20-5-3-2-4-6-20/h2-10,18H,11-17H2,1H3,(H,25,26,29). The molecule has 6 heteroatoms. The molecule has 30 heavy (non-hydrogen) atoms. The van der Waals surface area contributed by atoms with E-state index in [2.05, 4.69) is 81.6 Å². The summed E-state index contributed by atoms with van der Waals surface area (Å²) in [6, 6.07) is 18.9. The first kappa shape index (κ1) is 20.7. The monoisotopic (exact) mass is 420 g/mol. The van der Waals surface area contributed by atoms with Crippen molar-refractivity contribution in [1.82, 2.24) is 14.8 Å². The first-order valence-electron chi connectivity index (χ1n) is 10.5. The molecule has 1 amide bonds. The molecule has 0 spiro atoms. The number of amides is 1. The lowest BCUT2D eigenvalue weighted by molar-refractivity contribution is -0.116. The molecule has 2 aromatic carbocycles. The van der Waals surface area contributed by atoms with Gasteiger partial charge in [0.1, 0.15) is 0 Å². The zero-order valence-corrected chi connectivity index (χ0v) is 18.2. The van der Waals surface area contributed by atoms with Gasteiger partial charge in [-0.15, -0.1) is 11.3 Å². The molecule has 5 nitrogen and oxygen atoms in total. The highest BCUT2D eigenvalue weighted by atomic mass is 32.1. The van der Waals surface area contributed by atoms with Gasteiger partial charge < -0.3 is 10.2 Å². The smallest absolute Gasteiger partial charge is 0.227 e. The van der Waals surface area contributed by atoms with Gasteiger partial charge in [0, 0.05) is 56.6 Å². The second-order valence-electron chi connectivity index (χ2n) is 7.81. The maximum absolute atomic E-state index is 12.4. The van der Waals surface area contributed by atoms with Crippen molar-refractivity contribution >= 4 is 22.4 Å². The number of rotatable bonds is 7. The lowest BCUT2D eigenvalue weighted by Gasteiger charge is -2.34. The van der Waals surface area contributed by atoms with Crippen molar-refractivity contribution in [3.63, 3.8) is 0 Å². The Morgan fingerprint density at radius 1 is 1.00 bits per heavy atom. The SMILES string of the molecule is Cc1ccc(-c2csc(NC(=O)CCN3CCN(Cc4ccccc4)CC3)n2)cc1. The Hall–Kier alpha value is -2.54. The second-order valence-corrected chi connectivity index (χ2v) is 8.66. The Morgan fingerprint density at radius 2 is 1.70 bits per heavy atom. The van der Waals surface area contributed by atoms with E-state index < -0.39 is 0 Å². The van der Waals surface area contributed by atoms with E-state index in [9.17, 15) is 4.79 Å². The van der Waals surface area contributed by atoms with Crippen LogP contribution in [0.4, 0.5) is 5.13 Å². The maximum Gasteiger partial charge on any atom is 0.227 e. The fraction of sp³-hybridized carbons (Fsp3) is 0.333. The lowest BCUT2D eigenvalue weighted by Crippen LogP contribution is -2.46. The Kier molecular flexibility index (Phi) is 6.89. The number of aryl methyl sites for hydroxylation is 1. The molecular weight excluding hydrogens is 392 g/mol. The van der Waals surface area contributed by atoms with Crippen molar-refractivity contribution in [2.45, 2.75) is 19.9 Å². The van der Waals surface area contributed by atoms with E-state index in [-0.39, 0.29) is 5.91 Å². The third-order valence-corrected chi connectivity index (χ3v) is 6.22. The van der Waals surface area contributed by atoms with Gasteiger partial charge in [0.05, 0.1) is 5.69 Å². The van der Waals surface area contributed by atoms with Gasteiger partial charge >= 0.3 is 0 Å². The molecule has 1 aliphatic heterocycles. The molecule has 0 saturated carbocycles. The minimum Gasteiger partial charge on any atom is -0.302 e. The Morgan fingerprint density at radius 3 is 2.43 bits per heavy atom. The van der Waals surface area contributed by atoms with Crippen LogP contribution in [-0.2, 0) is 11.3 Å². The van der Waals surface area contributed by atoms with E-state index in [0.717, 1.165) is 50.5 Å². The van der Waals surface area contributed by atoms with Gasteiger partial charge in [-0.25, -0.2) is 4.98 Å². The average molecular weight is 421 g/mol. The Bertz CT molecular complexity index is 947. The van der Waals surface area contributed by atoms with Crippen LogP contribution in [0.2, 0.25) is 0 Å². The summed E-state index contributed by atoms with van der Waals surface area (Å²) in [6.45, 7) is 7.97. The van der Waals surface area contributed by atoms with E-state index in [4.69, 9.17) is 0 Å². The number of nitrogens with one attached hydrogen (secondary N) is 1. The summed E-state index contributed by atoms with van der Waals surface area (Å²) in [5.41, 5.74) is 4.57. The van der Waals surface area contributed by atoms with Crippen molar-refractivity contribution in [2.24, 2.45) is 0 Å². The maximum atomic E-state index is 12.4. The predicted molar refractivity (Wildman–Crippen MR) is 124 cm³/mol. The topological polar surface area (TPSA) is 48.5 Å².